The summed E-state index contributed by atoms with van der Waals surface area (Å²) in [6.07, 6.45) is 1.61. The zero-order valence-electron chi connectivity index (χ0n) is 18.0. The van der Waals surface area contributed by atoms with E-state index in [1.807, 2.05) is 18.2 Å². The Kier molecular flexibility index (Phi) is 8.18. The maximum atomic E-state index is 12.7. The number of carbonyl (C=O) groups is 3. The summed E-state index contributed by atoms with van der Waals surface area (Å²) in [5.41, 5.74) is 2.05. The number of carbonyl (C=O) groups excluding carboxylic acids is 3. The second-order valence-corrected chi connectivity index (χ2v) is 10.1. The summed E-state index contributed by atoms with van der Waals surface area (Å²) in [5, 5.41) is 3.19. The lowest BCUT2D eigenvalue weighted by molar-refractivity contribution is -0.127. The summed E-state index contributed by atoms with van der Waals surface area (Å²) in [6, 6.07) is 19.4. The smallest absolute Gasteiger partial charge is 0.294 e. The molecule has 1 saturated heterocycles. The quantitative estimate of drug-likeness (QED) is 0.299. The van der Waals surface area contributed by atoms with Gasteiger partial charge in [0.1, 0.15) is 18.9 Å². The number of halogens is 3. The van der Waals surface area contributed by atoms with Crippen molar-refractivity contribution in [2.75, 3.05) is 11.9 Å². The molecule has 0 spiro atoms. The highest BCUT2D eigenvalue weighted by molar-refractivity contribution is 9.10. The molecule has 3 amide bonds. The minimum Gasteiger partial charge on any atom is -0.489 e. The first-order valence-corrected chi connectivity index (χ1v) is 12.6. The summed E-state index contributed by atoms with van der Waals surface area (Å²) >= 11 is 16.2. The molecule has 0 bridgehead atoms. The fraction of sp³-hybridized carbons (Fsp3) is 0.0800. The van der Waals surface area contributed by atoms with Crippen LogP contribution >= 0.6 is 50.9 Å². The first-order valence-electron chi connectivity index (χ1n) is 10.3. The van der Waals surface area contributed by atoms with Gasteiger partial charge in [-0.05, 0) is 75.7 Å². The lowest BCUT2D eigenvalue weighted by Gasteiger charge is -2.12. The summed E-state index contributed by atoms with van der Waals surface area (Å²) in [4.78, 5) is 38.6. The van der Waals surface area contributed by atoms with Crippen LogP contribution in [-0.4, -0.2) is 28.5 Å². The van der Waals surface area contributed by atoms with Crippen molar-refractivity contribution in [3.8, 4) is 5.75 Å². The molecular weight excluding hydrogens is 575 g/mol. The van der Waals surface area contributed by atoms with Gasteiger partial charge in [-0.1, -0.05) is 53.5 Å². The number of imide groups is 1. The summed E-state index contributed by atoms with van der Waals surface area (Å²) in [6.45, 7) is -0.0725. The second-order valence-electron chi connectivity index (χ2n) is 7.39. The molecule has 1 fully saturated rings. The molecular formula is C25H17BrCl2N2O4S. The van der Waals surface area contributed by atoms with Crippen LogP contribution in [0.4, 0.5) is 10.5 Å². The Morgan fingerprint density at radius 3 is 2.49 bits per heavy atom. The minimum absolute atomic E-state index is 0.235. The van der Waals surface area contributed by atoms with E-state index < -0.39 is 23.6 Å². The van der Waals surface area contributed by atoms with Crippen molar-refractivity contribution in [1.82, 2.24) is 4.90 Å². The average Bonchev–Trinajstić information content (AvgIpc) is 3.09. The van der Waals surface area contributed by atoms with Gasteiger partial charge in [0.25, 0.3) is 11.1 Å². The Balaban J connectivity index is 1.36. The van der Waals surface area contributed by atoms with Crippen molar-refractivity contribution in [1.29, 1.82) is 0 Å². The highest BCUT2D eigenvalue weighted by Gasteiger charge is 2.36. The predicted molar refractivity (Wildman–Crippen MR) is 143 cm³/mol. The van der Waals surface area contributed by atoms with Crippen LogP contribution in [0, 0.1) is 0 Å². The number of benzene rings is 3. The first kappa shape index (κ1) is 25.3. The van der Waals surface area contributed by atoms with Gasteiger partial charge >= 0.3 is 0 Å². The fourth-order valence-electron chi connectivity index (χ4n) is 3.14. The standard InChI is InChI=1S/C25H17BrCl2N2O4S/c26-19-10-7-17(12-21(19)28)29-23(31)13-30-24(32)22(35-25(30)33)11-15-5-8-18(9-6-15)34-14-16-3-1-2-4-20(16)27/h1-12H,13-14H2,(H,29,31)/b22-11+. The minimum atomic E-state index is -0.525. The molecule has 3 aromatic carbocycles. The third-order valence-corrected chi connectivity index (χ3v) is 7.42. The number of thioether (sulfide) groups is 1. The van der Waals surface area contributed by atoms with E-state index in [2.05, 4.69) is 21.2 Å². The van der Waals surface area contributed by atoms with Crippen molar-refractivity contribution >= 4 is 79.7 Å². The third kappa shape index (κ3) is 6.46. The van der Waals surface area contributed by atoms with E-state index in [0.717, 1.165) is 27.8 Å². The van der Waals surface area contributed by atoms with Gasteiger partial charge in [-0.2, -0.15) is 0 Å². The van der Waals surface area contributed by atoms with Gasteiger partial charge in [-0.15, -0.1) is 0 Å². The van der Waals surface area contributed by atoms with Crippen molar-refractivity contribution in [2.24, 2.45) is 0 Å². The van der Waals surface area contributed by atoms with Gasteiger partial charge in [-0.3, -0.25) is 19.3 Å². The van der Waals surface area contributed by atoms with E-state index in [9.17, 15) is 14.4 Å². The number of rotatable bonds is 7. The fourth-order valence-corrected chi connectivity index (χ4v) is 4.60. The van der Waals surface area contributed by atoms with Crippen LogP contribution in [0.1, 0.15) is 11.1 Å². The zero-order valence-corrected chi connectivity index (χ0v) is 21.9. The lowest BCUT2D eigenvalue weighted by Crippen LogP contribution is -2.36. The lowest BCUT2D eigenvalue weighted by atomic mass is 10.2. The van der Waals surface area contributed by atoms with Gasteiger partial charge in [0.2, 0.25) is 5.91 Å². The number of amides is 3. The normalized spacial score (nSPS) is 14.5. The highest BCUT2D eigenvalue weighted by Crippen LogP contribution is 2.32. The Labute approximate surface area is 224 Å². The van der Waals surface area contributed by atoms with Gasteiger partial charge in [0, 0.05) is 20.7 Å². The average molecular weight is 592 g/mol. The largest absolute Gasteiger partial charge is 0.489 e. The zero-order chi connectivity index (χ0) is 24.9. The topological polar surface area (TPSA) is 75.7 Å². The van der Waals surface area contributed by atoms with Crippen LogP contribution in [-0.2, 0) is 16.2 Å². The number of hydrogen-bond donors (Lipinski definition) is 1. The molecule has 0 atom stereocenters. The molecule has 3 aromatic rings. The number of ether oxygens (including phenoxy) is 1. The van der Waals surface area contributed by atoms with Crippen LogP contribution in [0.5, 0.6) is 5.75 Å². The molecule has 0 radical (unpaired) electrons. The number of nitrogens with one attached hydrogen (secondary N) is 1. The summed E-state index contributed by atoms with van der Waals surface area (Å²) in [7, 11) is 0. The van der Waals surface area contributed by atoms with E-state index >= 15 is 0 Å². The van der Waals surface area contributed by atoms with E-state index in [1.54, 1.807) is 54.6 Å². The van der Waals surface area contributed by atoms with Crippen LogP contribution < -0.4 is 10.1 Å². The van der Waals surface area contributed by atoms with Gasteiger partial charge in [0.05, 0.1) is 9.93 Å². The molecule has 178 valence electrons. The van der Waals surface area contributed by atoms with Crippen LogP contribution in [0.2, 0.25) is 10.0 Å². The SMILES string of the molecule is O=C(CN1C(=O)S/C(=C/c2ccc(OCc3ccccc3Cl)cc2)C1=O)Nc1ccc(Br)c(Cl)c1. The predicted octanol–water partition coefficient (Wildman–Crippen LogP) is 7.01. The molecule has 0 unspecified atom stereocenters. The monoisotopic (exact) mass is 590 g/mol. The van der Waals surface area contributed by atoms with Crippen LogP contribution in [0.25, 0.3) is 6.08 Å². The second kappa shape index (κ2) is 11.3. The van der Waals surface area contributed by atoms with Crippen molar-refractivity contribution in [3.05, 3.63) is 97.3 Å². The van der Waals surface area contributed by atoms with E-state index in [1.165, 1.54) is 0 Å². The van der Waals surface area contributed by atoms with Crippen molar-refractivity contribution in [3.63, 3.8) is 0 Å². The first-order chi connectivity index (χ1) is 16.8. The molecule has 4 rings (SSSR count). The highest BCUT2D eigenvalue weighted by atomic mass is 79.9. The molecule has 6 nitrogen and oxygen atoms in total. The molecule has 10 heteroatoms. The number of hydrogen-bond acceptors (Lipinski definition) is 5. The molecule has 0 saturated carbocycles. The third-order valence-electron chi connectivity index (χ3n) is 4.91. The molecule has 0 aromatic heterocycles. The molecule has 1 heterocycles. The van der Waals surface area contributed by atoms with Gasteiger partial charge < -0.3 is 10.1 Å². The molecule has 1 aliphatic rings. The summed E-state index contributed by atoms with van der Waals surface area (Å²) < 4.78 is 6.45. The Morgan fingerprint density at radius 2 is 1.77 bits per heavy atom. The van der Waals surface area contributed by atoms with Crippen molar-refractivity contribution < 1.29 is 19.1 Å². The van der Waals surface area contributed by atoms with Crippen LogP contribution in [0.15, 0.2) is 76.1 Å². The van der Waals surface area contributed by atoms with Gasteiger partial charge in [-0.25, -0.2) is 0 Å². The number of anilines is 1. The van der Waals surface area contributed by atoms with Gasteiger partial charge in [0.15, 0.2) is 0 Å². The Bertz CT molecular complexity index is 1330. The maximum Gasteiger partial charge on any atom is 0.294 e. The molecule has 35 heavy (non-hydrogen) atoms. The van der Waals surface area contributed by atoms with Crippen LogP contribution in [0.3, 0.4) is 0 Å². The van der Waals surface area contributed by atoms with Crippen molar-refractivity contribution in [2.45, 2.75) is 6.61 Å². The molecule has 1 N–H and O–H groups in total. The maximum absolute atomic E-state index is 12.7. The van der Waals surface area contributed by atoms with E-state index in [0.29, 0.717) is 32.6 Å². The Hall–Kier alpha value is -2.78. The molecule has 0 aliphatic carbocycles. The summed E-state index contributed by atoms with van der Waals surface area (Å²) in [5.74, 6) is -0.394. The molecule has 1 aliphatic heterocycles. The number of nitrogens with zero attached hydrogens (tertiary/aromatic N) is 1. The van der Waals surface area contributed by atoms with E-state index in [-0.39, 0.29) is 4.91 Å². The van der Waals surface area contributed by atoms with E-state index in [4.69, 9.17) is 27.9 Å². The Morgan fingerprint density at radius 1 is 1.03 bits per heavy atom.